The zero-order valence-electron chi connectivity index (χ0n) is 10.9. The molecule has 1 N–H and O–H groups in total. The third kappa shape index (κ3) is 3.68. The lowest BCUT2D eigenvalue weighted by atomic mass is 9.98. The van der Waals surface area contributed by atoms with Crippen molar-refractivity contribution in [1.29, 1.82) is 0 Å². The molecule has 0 saturated carbocycles. The van der Waals surface area contributed by atoms with Crippen molar-refractivity contribution in [2.45, 2.75) is 19.8 Å². The van der Waals surface area contributed by atoms with Gasteiger partial charge in [-0.15, -0.1) is 0 Å². The molecular formula is C14H14O6. The molecule has 0 atom stereocenters. The molecule has 1 aromatic carbocycles. The van der Waals surface area contributed by atoms with Gasteiger partial charge in [0.2, 0.25) is 0 Å². The van der Waals surface area contributed by atoms with E-state index >= 15 is 0 Å². The summed E-state index contributed by atoms with van der Waals surface area (Å²) in [5, 5.41) is 9.10. The van der Waals surface area contributed by atoms with E-state index in [4.69, 9.17) is 5.11 Å². The Morgan fingerprint density at radius 1 is 1.30 bits per heavy atom. The molecule has 0 bridgehead atoms. The molecule has 6 heteroatoms. The predicted octanol–water partition coefficient (Wildman–Crippen LogP) is 2.14. The van der Waals surface area contributed by atoms with Crippen LogP contribution in [0.5, 0.6) is 0 Å². The Morgan fingerprint density at radius 3 is 2.55 bits per heavy atom. The van der Waals surface area contributed by atoms with Gasteiger partial charge in [0.15, 0.2) is 0 Å². The number of rotatable bonds is 5. The van der Waals surface area contributed by atoms with Gasteiger partial charge in [-0.1, -0.05) is 32.1 Å². The number of aryl methyl sites for hydroxylation is 1. The second-order valence-corrected chi connectivity index (χ2v) is 3.87. The van der Waals surface area contributed by atoms with Crippen LogP contribution in [0.4, 0.5) is 0 Å². The van der Waals surface area contributed by atoms with E-state index in [1.807, 2.05) is 6.92 Å². The van der Waals surface area contributed by atoms with Crippen LogP contribution in [0.3, 0.4) is 0 Å². The third-order valence-corrected chi connectivity index (χ3v) is 2.47. The largest absolute Gasteiger partial charge is 0.478 e. The minimum absolute atomic E-state index is 0.112. The average Bonchev–Trinajstić information content (AvgIpc) is 2.44. The molecule has 1 rings (SSSR count). The maximum Gasteiger partial charge on any atom is 0.387 e. The second-order valence-electron chi connectivity index (χ2n) is 3.87. The standard InChI is InChI=1S/C14H14O6/c1-3-6-9-7-5-8-10(13(16)17)12(9)14(18)20-19-11(15)4-2/h4-5,7-8H,2-3,6H2,1H3,(H,16,17). The molecule has 0 heterocycles. The van der Waals surface area contributed by atoms with Crippen molar-refractivity contribution in [2.75, 3.05) is 0 Å². The Kier molecular flexibility index (Phi) is 5.46. The van der Waals surface area contributed by atoms with Crippen LogP contribution in [0.1, 0.15) is 39.6 Å². The fourth-order valence-electron chi connectivity index (χ4n) is 1.65. The van der Waals surface area contributed by atoms with E-state index in [1.165, 1.54) is 6.07 Å². The molecule has 0 fully saturated rings. The highest BCUT2D eigenvalue weighted by atomic mass is 17.2. The third-order valence-electron chi connectivity index (χ3n) is 2.47. The molecule has 0 unspecified atom stereocenters. The zero-order valence-corrected chi connectivity index (χ0v) is 10.9. The average molecular weight is 278 g/mol. The Bertz CT molecular complexity index is 547. The summed E-state index contributed by atoms with van der Waals surface area (Å²) in [4.78, 5) is 42.4. The van der Waals surface area contributed by atoms with E-state index in [9.17, 15) is 14.4 Å². The highest BCUT2D eigenvalue weighted by Crippen LogP contribution is 2.18. The van der Waals surface area contributed by atoms with Crippen LogP contribution in [0.15, 0.2) is 30.9 Å². The first-order chi connectivity index (χ1) is 9.51. The lowest BCUT2D eigenvalue weighted by Gasteiger charge is -2.10. The summed E-state index contributed by atoms with van der Waals surface area (Å²) in [5.74, 6) is -3.23. The molecule has 106 valence electrons. The Labute approximate surface area is 115 Å². The van der Waals surface area contributed by atoms with Crippen LogP contribution in [-0.2, 0) is 21.0 Å². The van der Waals surface area contributed by atoms with Crippen molar-refractivity contribution < 1.29 is 29.3 Å². The molecule has 0 amide bonds. The van der Waals surface area contributed by atoms with E-state index in [0.717, 1.165) is 12.5 Å². The first-order valence-corrected chi connectivity index (χ1v) is 5.91. The van der Waals surface area contributed by atoms with E-state index in [2.05, 4.69) is 16.4 Å². The van der Waals surface area contributed by atoms with Crippen molar-refractivity contribution in [1.82, 2.24) is 0 Å². The summed E-state index contributed by atoms with van der Waals surface area (Å²) in [6.45, 7) is 5.03. The SMILES string of the molecule is C=CC(=O)OOC(=O)c1c(CCC)cccc1C(=O)O. The molecule has 0 aromatic heterocycles. The van der Waals surface area contributed by atoms with Crippen LogP contribution in [0.2, 0.25) is 0 Å². The first kappa shape index (κ1) is 15.4. The van der Waals surface area contributed by atoms with Crippen LogP contribution in [0, 0.1) is 0 Å². The number of carboxylic acid groups (broad SMARTS) is 1. The molecule has 6 nitrogen and oxygen atoms in total. The van der Waals surface area contributed by atoms with Gasteiger partial charge in [-0.25, -0.2) is 24.2 Å². The van der Waals surface area contributed by atoms with E-state index in [1.54, 1.807) is 12.1 Å². The molecule has 0 spiro atoms. The molecule has 0 radical (unpaired) electrons. The number of hydrogen-bond donors (Lipinski definition) is 1. The fourth-order valence-corrected chi connectivity index (χ4v) is 1.65. The Morgan fingerprint density at radius 2 is 2.00 bits per heavy atom. The monoisotopic (exact) mass is 278 g/mol. The highest BCUT2D eigenvalue weighted by molar-refractivity contribution is 6.03. The van der Waals surface area contributed by atoms with Crippen LogP contribution in [-0.4, -0.2) is 23.0 Å². The van der Waals surface area contributed by atoms with Crippen LogP contribution >= 0.6 is 0 Å². The number of aromatic carboxylic acids is 1. The minimum Gasteiger partial charge on any atom is -0.478 e. The van der Waals surface area contributed by atoms with E-state index < -0.39 is 17.9 Å². The zero-order chi connectivity index (χ0) is 15.1. The van der Waals surface area contributed by atoms with Gasteiger partial charge in [-0.2, -0.15) is 0 Å². The fraction of sp³-hybridized carbons (Fsp3) is 0.214. The van der Waals surface area contributed by atoms with Crippen molar-refractivity contribution >= 4 is 17.9 Å². The molecule has 0 saturated heterocycles. The van der Waals surface area contributed by atoms with Gasteiger partial charge < -0.3 is 5.11 Å². The van der Waals surface area contributed by atoms with Crippen LogP contribution < -0.4 is 0 Å². The lowest BCUT2D eigenvalue weighted by molar-refractivity contribution is -0.228. The van der Waals surface area contributed by atoms with Gasteiger partial charge in [0.1, 0.15) is 0 Å². The summed E-state index contributed by atoms with van der Waals surface area (Å²) < 4.78 is 0. The Hall–Kier alpha value is -2.63. The maximum atomic E-state index is 11.9. The topological polar surface area (TPSA) is 89.9 Å². The Balaban J connectivity index is 3.11. The second kappa shape index (κ2) is 7.08. The number of hydrogen-bond acceptors (Lipinski definition) is 5. The van der Waals surface area contributed by atoms with Gasteiger partial charge in [0, 0.05) is 6.08 Å². The van der Waals surface area contributed by atoms with Gasteiger partial charge in [-0.05, 0) is 18.1 Å². The van der Waals surface area contributed by atoms with Crippen molar-refractivity contribution in [3.8, 4) is 0 Å². The number of carboxylic acids is 1. The van der Waals surface area contributed by atoms with Crippen molar-refractivity contribution in [3.63, 3.8) is 0 Å². The highest BCUT2D eigenvalue weighted by Gasteiger charge is 2.23. The maximum absolute atomic E-state index is 11.9. The summed E-state index contributed by atoms with van der Waals surface area (Å²) >= 11 is 0. The summed E-state index contributed by atoms with van der Waals surface area (Å²) in [6.07, 6.45) is 2.04. The molecule has 20 heavy (non-hydrogen) atoms. The van der Waals surface area contributed by atoms with E-state index in [0.29, 0.717) is 12.0 Å². The van der Waals surface area contributed by atoms with Gasteiger partial charge in [0.25, 0.3) is 0 Å². The molecule has 0 aliphatic rings. The minimum atomic E-state index is -1.26. The number of benzene rings is 1. The molecular weight excluding hydrogens is 264 g/mol. The quantitative estimate of drug-likeness (QED) is 0.504. The van der Waals surface area contributed by atoms with Gasteiger partial charge >= 0.3 is 17.9 Å². The molecule has 0 aliphatic carbocycles. The number of carbonyl (C=O) groups is 3. The molecule has 0 aliphatic heterocycles. The molecule has 1 aromatic rings. The smallest absolute Gasteiger partial charge is 0.387 e. The summed E-state index contributed by atoms with van der Waals surface area (Å²) in [7, 11) is 0. The van der Waals surface area contributed by atoms with Crippen molar-refractivity contribution in [2.24, 2.45) is 0 Å². The van der Waals surface area contributed by atoms with Gasteiger partial charge in [-0.3, -0.25) is 0 Å². The predicted molar refractivity (Wildman–Crippen MR) is 69.1 cm³/mol. The number of carbonyl (C=O) groups excluding carboxylic acids is 2. The normalized spacial score (nSPS) is 9.65. The van der Waals surface area contributed by atoms with Gasteiger partial charge in [0.05, 0.1) is 11.1 Å². The first-order valence-electron chi connectivity index (χ1n) is 5.91. The van der Waals surface area contributed by atoms with E-state index in [-0.39, 0.29) is 11.1 Å². The van der Waals surface area contributed by atoms with Crippen molar-refractivity contribution in [3.05, 3.63) is 47.5 Å². The van der Waals surface area contributed by atoms with Crippen LogP contribution in [0.25, 0.3) is 0 Å². The summed E-state index contributed by atoms with van der Waals surface area (Å²) in [6, 6.07) is 4.45. The lowest BCUT2D eigenvalue weighted by Crippen LogP contribution is -2.16. The summed E-state index contributed by atoms with van der Waals surface area (Å²) in [5.41, 5.74) is 0.210.